The van der Waals surface area contributed by atoms with Gasteiger partial charge in [0.2, 0.25) is 16.5 Å². The van der Waals surface area contributed by atoms with E-state index in [1.165, 1.54) is 12.8 Å². The summed E-state index contributed by atoms with van der Waals surface area (Å²) in [5.74, 6) is 4.98. The van der Waals surface area contributed by atoms with Gasteiger partial charge in [-0.1, -0.05) is 35.3 Å². The molecule has 69 heavy (non-hydrogen) atoms. The van der Waals surface area contributed by atoms with Crippen molar-refractivity contribution in [1.29, 1.82) is 0 Å². The summed E-state index contributed by atoms with van der Waals surface area (Å²) in [6.07, 6.45) is 3.84. The Morgan fingerprint density at radius 2 is 1.13 bits per heavy atom. The Kier molecular flexibility index (Phi) is 16.5. The molecule has 4 aromatic heterocycles. The largest absolute Gasteiger partial charge is 0.480 e. The second kappa shape index (κ2) is 22.9. The van der Waals surface area contributed by atoms with E-state index >= 15 is 0 Å². The third-order valence-electron chi connectivity index (χ3n) is 12.7. The quantitative estimate of drug-likeness (QED) is 0.102. The number of rotatable bonds is 14. The number of fused-ring (bicyclic) bond motifs is 4. The highest BCUT2D eigenvalue weighted by Gasteiger charge is 2.43. The maximum atomic E-state index is 13.2. The number of halogens is 7. The number of anilines is 2. The van der Waals surface area contributed by atoms with E-state index < -0.39 is 25.9 Å². The lowest BCUT2D eigenvalue weighted by atomic mass is 9.82. The molecule has 4 fully saturated rings. The van der Waals surface area contributed by atoms with Gasteiger partial charge in [-0.05, 0) is 108 Å². The van der Waals surface area contributed by atoms with Crippen LogP contribution in [0.3, 0.4) is 0 Å². The number of hydrogen-bond donors (Lipinski definition) is 1. The molecule has 4 atom stereocenters. The Labute approximate surface area is 413 Å². The van der Waals surface area contributed by atoms with Crippen LogP contribution in [0.25, 0.3) is 0 Å². The number of methoxy groups -OCH3 is 2. The van der Waals surface area contributed by atoms with E-state index in [-0.39, 0.29) is 16.8 Å². The van der Waals surface area contributed by atoms with E-state index in [2.05, 4.69) is 66.3 Å². The highest BCUT2D eigenvalue weighted by Crippen LogP contribution is 2.45. The second-order valence-corrected chi connectivity index (χ2v) is 18.7. The molecular formula is C45H50BrCl2F4N13O4. The first-order valence-corrected chi connectivity index (χ1v) is 23.8. The Balaban J connectivity index is 0.000000154. The van der Waals surface area contributed by atoms with Crippen molar-refractivity contribution < 1.29 is 36.5 Å². The van der Waals surface area contributed by atoms with Gasteiger partial charge in [0.25, 0.3) is 12.9 Å². The molecule has 0 amide bonds. The van der Waals surface area contributed by atoms with Gasteiger partial charge < -0.3 is 34.5 Å². The van der Waals surface area contributed by atoms with Gasteiger partial charge in [0.1, 0.15) is 24.6 Å². The summed E-state index contributed by atoms with van der Waals surface area (Å²) >= 11 is 14.8. The van der Waals surface area contributed by atoms with Gasteiger partial charge in [0.15, 0.2) is 5.82 Å². The molecule has 24 heteroatoms. The highest BCUT2D eigenvalue weighted by atomic mass is 79.9. The monoisotopic (exact) mass is 1060 g/mol. The molecule has 4 unspecified atom stereocenters. The van der Waals surface area contributed by atoms with Gasteiger partial charge in [-0.25, -0.2) is 26.9 Å². The molecule has 4 bridgehead atoms. The molecule has 368 valence electrons. The first-order valence-electron chi connectivity index (χ1n) is 22.3. The first kappa shape index (κ1) is 49.8. The molecule has 0 spiro atoms. The molecule has 10 rings (SSSR count). The van der Waals surface area contributed by atoms with Crippen molar-refractivity contribution in [2.24, 2.45) is 35.3 Å². The van der Waals surface area contributed by atoms with Crippen molar-refractivity contribution in [3.8, 4) is 35.3 Å². The van der Waals surface area contributed by atoms with Crippen LogP contribution in [-0.2, 0) is 19.5 Å². The number of alkyl halides is 4. The Morgan fingerprint density at radius 3 is 1.61 bits per heavy atom. The van der Waals surface area contributed by atoms with E-state index in [1.807, 2.05) is 12.1 Å². The number of piperidine rings is 2. The minimum absolute atomic E-state index is 0.0237. The average molecular weight is 1060 g/mol. The average Bonchev–Trinajstić information content (AvgIpc) is 3.97. The summed E-state index contributed by atoms with van der Waals surface area (Å²) < 4.78 is 74.8. The summed E-state index contributed by atoms with van der Waals surface area (Å²) in [7, 11) is 3.19. The van der Waals surface area contributed by atoms with Crippen LogP contribution < -0.4 is 34.5 Å². The van der Waals surface area contributed by atoms with Crippen molar-refractivity contribution in [3.63, 3.8) is 0 Å². The second-order valence-electron chi connectivity index (χ2n) is 17.1. The molecule has 2 saturated carbocycles. The van der Waals surface area contributed by atoms with E-state index in [0.29, 0.717) is 81.2 Å². The number of nitrogens with two attached hydrogens (primary N) is 1. The van der Waals surface area contributed by atoms with Gasteiger partial charge >= 0.3 is 12.0 Å². The Bertz CT molecular complexity index is 2610. The molecule has 2 N–H and O–H groups in total. The molecule has 6 aromatic rings. The lowest BCUT2D eigenvalue weighted by Crippen LogP contribution is -2.48. The van der Waals surface area contributed by atoms with E-state index in [4.69, 9.17) is 47.9 Å². The fraction of sp³-hybridized carbons (Fsp3) is 0.467. The topological polar surface area (TPSA) is 182 Å². The summed E-state index contributed by atoms with van der Waals surface area (Å²) in [5.41, 5.74) is 8.30. The minimum atomic E-state index is -2.57. The molecule has 2 aliphatic heterocycles. The van der Waals surface area contributed by atoms with E-state index in [0.717, 1.165) is 59.8 Å². The lowest BCUT2D eigenvalue weighted by molar-refractivity contribution is 0.117. The molecule has 0 radical (unpaired) electrons. The maximum Gasteiger partial charge on any atom is 0.321 e. The third kappa shape index (κ3) is 13.0. The molecule has 6 heterocycles. The zero-order valence-electron chi connectivity index (χ0n) is 37.5. The van der Waals surface area contributed by atoms with Crippen molar-refractivity contribution in [3.05, 3.63) is 93.7 Å². The smallest absolute Gasteiger partial charge is 0.321 e. The number of aromatic nitrogens is 10. The van der Waals surface area contributed by atoms with Gasteiger partial charge in [-0.3, -0.25) is 0 Å². The van der Waals surface area contributed by atoms with Gasteiger partial charge in [0.05, 0.1) is 38.0 Å². The fourth-order valence-electron chi connectivity index (χ4n) is 9.47. The summed E-state index contributed by atoms with van der Waals surface area (Å²) in [6.45, 7) is 2.68. The standard InChI is InChI=1S/C23H25ClF2N6O2.C12H18N4O.C10H7BrClF2N3O/c1-33-22-8-17(10-27-29-22)31-11-14-5-6-15(12-31)19(14)9-21-28-23(32(30-21)13-20(25)26)34-18-4-2-3-16(24)7-18;1-17-11-4-10(5-14-15-11)16-6-8-2-3-9(7-16)12(8)13;11-9-15-10(17(16-9)5-8(13)14)18-7-3-1-2-6(12)4-7/h2-4,7-8,10,14-15,19-20H,5-6,9,11-13H2,1H3;4-5,8-9,12H,2-3,6-7,13H2,1H3;1-4,8H,5H2. The Morgan fingerprint density at radius 1 is 0.667 bits per heavy atom. The summed E-state index contributed by atoms with van der Waals surface area (Å²) in [6, 6.07) is 17.6. The molecule has 4 aliphatic rings. The molecule has 17 nitrogen and oxygen atoms in total. The predicted octanol–water partition coefficient (Wildman–Crippen LogP) is 8.90. The molecule has 2 aromatic carbocycles. The highest BCUT2D eigenvalue weighted by molar-refractivity contribution is 9.10. The lowest BCUT2D eigenvalue weighted by Gasteiger charge is -2.38. The third-order valence-corrected chi connectivity index (χ3v) is 13.5. The molecular weight excluding hydrogens is 1010 g/mol. The van der Waals surface area contributed by atoms with Crippen LogP contribution in [0.5, 0.6) is 35.3 Å². The number of nitrogens with zero attached hydrogens (tertiary/aromatic N) is 12. The van der Waals surface area contributed by atoms with Crippen molar-refractivity contribution in [2.45, 2.75) is 64.1 Å². The van der Waals surface area contributed by atoms with Crippen LogP contribution >= 0.6 is 39.1 Å². The zero-order chi connectivity index (χ0) is 48.6. The maximum absolute atomic E-state index is 13.2. The van der Waals surface area contributed by atoms with Crippen LogP contribution in [0.1, 0.15) is 31.5 Å². The minimum Gasteiger partial charge on any atom is -0.480 e. The summed E-state index contributed by atoms with van der Waals surface area (Å²) in [4.78, 5) is 13.0. The normalized spacial score (nSPS) is 21.4. The van der Waals surface area contributed by atoms with Crippen molar-refractivity contribution in [1.82, 2.24) is 49.9 Å². The summed E-state index contributed by atoms with van der Waals surface area (Å²) in [5, 5.41) is 25.0. The molecule has 2 aliphatic carbocycles. The van der Waals surface area contributed by atoms with E-state index in [1.54, 1.807) is 75.1 Å². The predicted molar refractivity (Wildman–Crippen MR) is 252 cm³/mol. The van der Waals surface area contributed by atoms with Crippen LogP contribution in [0.15, 0.2) is 77.8 Å². The number of hydrogen-bond acceptors (Lipinski definition) is 15. The fourth-order valence-corrected chi connectivity index (χ4v) is 10.2. The SMILES string of the molecule is COc1cc(N2CC3CCC(C2)C3Cc2nc(Oc3cccc(Cl)c3)n(CC(F)F)n2)cnn1.COc1cc(N2CC3CCC(C2)C3N)cnn1.FC(F)Cn1nc(Br)nc1Oc1cccc(Cl)c1. The Hall–Kier alpha value is -5.58. The molecule has 2 saturated heterocycles. The van der Waals surface area contributed by atoms with Crippen LogP contribution in [-0.4, -0.2) is 109 Å². The van der Waals surface area contributed by atoms with Crippen molar-refractivity contribution in [2.75, 3.05) is 50.2 Å². The number of benzene rings is 2. The van der Waals surface area contributed by atoms with Crippen LogP contribution in [0.4, 0.5) is 28.9 Å². The van der Waals surface area contributed by atoms with Gasteiger partial charge in [-0.15, -0.1) is 15.3 Å². The zero-order valence-corrected chi connectivity index (χ0v) is 40.6. The van der Waals surface area contributed by atoms with Crippen molar-refractivity contribution >= 4 is 50.5 Å². The van der Waals surface area contributed by atoms with Gasteiger partial charge in [-0.2, -0.15) is 25.3 Å². The van der Waals surface area contributed by atoms with Crippen LogP contribution in [0.2, 0.25) is 10.0 Å². The number of ether oxygens (including phenoxy) is 4. The van der Waals surface area contributed by atoms with E-state index in [9.17, 15) is 17.6 Å². The van der Waals surface area contributed by atoms with Crippen LogP contribution in [0, 0.1) is 29.6 Å². The first-order chi connectivity index (χ1) is 33.3. The van der Waals surface area contributed by atoms with Gasteiger partial charge in [0, 0.05) is 60.8 Å².